The SMILES string of the molecule is Cc1cccnc1-n1c(C)cc([C@@H]2[C@@H](c3ccccn3)NC(=S)N2c2ccc(NS(C)(=O)=O)cc2)c1C. The molecule has 190 valence electrons. The fourth-order valence-corrected chi connectivity index (χ4v) is 5.89. The molecule has 3 aromatic heterocycles. The van der Waals surface area contributed by atoms with Crippen LogP contribution in [-0.2, 0) is 10.0 Å². The second-order valence-corrected chi connectivity index (χ2v) is 11.4. The molecule has 0 radical (unpaired) electrons. The van der Waals surface area contributed by atoms with Crippen LogP contribution in [0.3, 0.4) is 0 Å². The van der Waals surface area contributed by atoms with Gasteiger partial charge in [0.15, 0.2) is 5.11 Å². The van der Waals surface area contributed by atoms with Crippen LogP contribution in [0.25, 0.3) is 5.82 Å². The smallest absolute Gasteiger partial charge is 0.229 e. The number of thiocarbonyl (C=S) groups is 1. The van der Waals surface area contributed by atoms with Gasteiger partial charge in [-0.3, -0.25) is 9.71 Å². The number of hydrogen-bond acceptors (Lipinski definition) is 5. The van der Waals surface area contributed by atoms with Crippen molar-refractivity contribution in [1.29, 1.82) is 0 Å². The first-order valence-electron chi connectivity index (χ1n) is 11.8. The molecular formula is C27H28N6O2S2. The van der Waals surface area contributed by atoms with Gasteiger partial charge in [0, 0.05) is 35.2 Å². The molecule has 1 aromatic carbocycles. The summed E-state index contributed by atoms with van der Waals surface area (Å²) >= 11 is 5.85. The van der Waals surface area contributed by atoms with Gasteiger partial charge in [-0.15, -0.1) is 0 Å². The lowest BCUT2D eigenvalue weighted by molar-refractivity contribution is 0.565. The maximum absolute atomic E-state index is 11.7. The summed E-state index contributed by atoms with van der Waals surface area (Å²) in [5.41, 5.74) is 6.54. The van der Waals surface area contributed by atoms with Crippen LogP contribution in [0.4, 0.5) is 11.4 Å². The summed E-state index contributed by atoms with van der Waals surface area (Å²) in [5, 5.41) is 4.06. The average Bonchev–Trinajstić information content (AvgIpc) is 3.35. The topological polar surface area (TPSA) is 92.2 Å². The zero-order valence-electron chi connectivity index (χ0n) is 21.0. The fourth-order valence-electron chi connectivity index (χ4n) is 4.98. The molecule has 1 fully saturated rings. The first kappa shape index (κ1) is 24.9. The van der Waals surface area contributed by atoms with E-state index in [4.69, 9.17) is 12.2 Å². The normalized spacial score (nSPS) is 17.6. The van der Waals surface area contributed by atoms with Gasteiger partial charge >= 0.3 is 0 Å². The number of aryl methyl sites for hydroxylation is 2. The predicted octanol–water partition coefficient (Wildman–Crippen LogP) is 4.74. The largest absolute Gasteiger partial charge is 0.351 e. The monoisotopic (exact) mass is 532 g/mol. The van der Waals surface area contributed by atoms with E-state index < -0.39 is 10.0 Å². The Labute approximate surface area is 222 Å². The Morgan fingerprint density at radius 3 is 2.35 bits per heavy atom. The summed E-state index contributed by atoms with van der Waals surface area (Å²) in [7, 11) is -3.37. The number of nitrogens with zero attached hydrogens (tertiary/aromatic N) is 4. The van der Waals surface area contributed by atoms with Gasteiger partial charge in [-0.05, 0) is 92.6 Å². The Morgan fingerprint density at radius 1 is 0.973 bits per heavy atom. The highest BCUT2D eigenvalue weighted by atomic mass is 32.2. The van der Waals surface area contributed by atoms with Crippen molar-refractivity contribution in [3.63, 3.8) is 0 Å². The maximum atomic E-state index is 11.7. The average molecular weight is 533 g/mol. The molecular weight excluding hydrogens is 504 g/mol. The molecule has 4 aromatic rings. The van der Waals surface area contributed by atoms with E-state index in [1.165, 1.54) is 0 Å². The lowest BCUT2D eigenvalue weighted by Gasteiger charge is -2.28. The van der Waals surface area contributed by atoms with E-state index >= 15 is 0 Å². The number of aromatic nitrogens is 3. The van der Waals surface area contributed by atoms with Gasteiger partial charge in [0.25, 0.3) is 0 Å². The van der Waals surface area contributed by atoms with Crippen molar-refractivity contribution in [2.75, 3.05) is 15.9 Å². The molecule has 2 atom stereocenters. The summed E-state index contributed by atoms with van der Waals surface area (Å²) in [6.07, 6.45) is 4.72. The highest BCUT2D eigenvalue weighted by Gasteiger charge is 2.42. The van der Waals surface area contributed by atoms with Crippen LogP contribution in [0, 0.1) is 20.8 Å². The van der Waals surface area contributed by atoms with Gasteiger partial charge in [0.2, 0.25) is 10.0 Å². The van der Waals surface area contributed by atoms with E-state index in [0.717, 1.165) is 46.0 Å². The molecule has 37 heavy (non-hydrogen) atoms. The van der Waals surface area contributed by atoms with Crippen molar-refractivity contribution < 1.29 is 8.42 Å². The quantitative estimate of drug-likeness (QED) is 0.347. The van der Waals surface area contributed by atoms with Crippen molar-refractivity contribution in [2.24, 2.45) is 0 Å². The molecule has 1 aliphatic heterocycles. The lowest BCUT2D eigenvalue weighted by Crippen LogP contribution is -2.29. The van der Waals surface area contributed by atoms with Gasteiger partial charge in [-0.2, -0.15) is 0 Å². The third kappa shape index (κ3) is 4.82. The fraction of sp³-hybridized carbons (Fsp3) is 0.222. The second kappa shape index (κ2) is 9.60. The first-order valence-corrected chi connectivity index (χ1v) is 14.1. The summed E-state index contributed by atoms with van der Waals surface area (Å²) in [6.45, 7) is 6.24. The van der Waals surface area contributed by atoms with Gasteiger partial charge < -0.3 is 14.8 Å². The molecule has 2 N–H and O–H groups in total. The number of pyridine rings is 2. The third-order valence-electron chi connectivity index (χ3n) is 6.53. The van der Waals surface area contributed by atoms with E-state index in [1.807, 2.05) is 42.6 Å². The highest BCUT2D eigenvalue weighted by molar-refractivity contribution is 7.92. The van der Waals surface area contributed by atoms with Crippen LogP contribution < -0.4 is 14.9 Å². The van der Waals surface area contributed by atoms with Crippen molar-refractivity contribution in [3.8, 4) is 5.82 Å². The van der Waals surface area contributed by atoms with Gasteiger partial charge in [-0.25, -0.2) is 13.4 Å². The Kier molecular flexibility index (Phi) is 6.47. The van der Waals surface area contributed by atoms with E-state index in [2.05, 4.69) is 62.4 Å². The van der Waals surface area contributed by atoms with Crippen molar-refractivity contribution in [3.05, 3.63) is 101 Å². The molecule has 0 aliphatic carbocycles. The zero-order valence-corrected chi connectivity index (χ0v) is 22.6. The van der Waals surface area contributed by atoms with Crippen LogP contribution in [0.2, 0.25) is 0 Å². The molecule has 0 unspecified atom stereocenters. The molecule has 0 bridgehead atoms. The van der Waals surface area contributed by atoms with Gasteiger partial charge in [0.05, 0.1) is 24.0 Å². The van der Waals surface area contributed by atoms with E-state index in [0.29, 0.717) is 10.8 Å². The van der Waals surface area contributed by atoms with Crippen molar-refractivity contribution in [1.82, 2.24) is 19.9 Å². The van der Waals surface area contributed by atoms with Crippen molar-refractivity contribution >= 4 is 38.7 Å². The summed E-state index contributed by atoms with van der Waals surface area (Å²) in [5.74, 6) is 0.898. The Balaban J connectivity index is 1.64. The van der Waals surface area contributed by atoms with E-state index in [9.17, 15) is 8.42 Å². The molecule has 4 heterocycles. The molecule has 0 amide bonds. The zero-order chi connectivity index (χ0) is 26.3. The molecule has 1 saturated heterocycles. The molecule has 0 spiro atoms. The van der Waals surface area contributed by atoms with Gasteiger partial charge in [0.1, 0.15) is 5.82 Å². The van der Waals surface area contributed by atoms with Crippen LogP contribution in [-0.4, -0.2) is 34.3 Å². The molecule has 1 aliphatic rings. The second-order valence-electron chi connectivity index (χ2n) is 9.22. The number of benzene rings is 1. The van der Waals surface area contributed by atoms with Crippen LogP contribution in [0.15, 0.2) is 73.1 Å². The maximum Gasteiger partial charge on any atom is 0.229 e. The van der Waals surface area contributed by atoms with Crippen LogP contribution in [0.5, 0.6) is 0 Å². The van der Waals surface area contributed by atoms with E-state index in [1.54, 1.807) is 18.3 Å². The number of hydrogen-bond donors (Lipinski definition) is 2. The molecule has 5 rings (SSSR count). The summed E-state index contributed by atoms with van der Waals surface area (Å²) in [4.78, 5) is 11.4. The van der Waals surface area contributed by atoms with Crippen molar-refractivity contribution in [2.45, 2.75) is 32.9 Å². The third-order valence-corrected chi connectivity index (χ3v) is 7.45. The Hall–Kier alpha value is -3.76. The minimum absolute atomic E-state index is 0.193. The Bertz CT molecular complexity index is 1570. The number of nitrogens with one attached hydrogen (secondary N) is 2. The number of rotatable bonds is 6. The van der Waals surface area contributed by atoms with E-state index in [-0.39, 0.29) is 12.1 Å². The first-order chi connectivity index (χ1) is 17.6. The highest BCUT2D eigenvalue weighted by Crippen LogP contribution is 2.44. The summed E-state index contributed by atoms with van der Waals surface area (Å²) in [6, 6.07) is 18.9. The van der Waals surface area contributed by atoms with Gasteiger partial charge in [-0.1, -0.05) is 12.1 Å². The van der Waals surface area contributed by atoms with Crippen LogP contribution in [0.1, 0.15) is 40.3 Å². The van der Waals surface area contributed by atoms with Crippen LogP contribution >= 0.6 is 12.2 Å². The lowest BCUT2D eigenvalue weighted by atomic mass is 9.96. The minimum Gasteiger partial charge on any atom is -0.351 e. The minimum atomic E-state index is -3.37. The molecule has 10 heteroatoms. The molecule has 0 saturated carbocycles. The Morgan fingerprint density at radius 2 is 1.70 bits per heavy atom. The molecule has 8 nitrogen and oxygen atoms in total. The number of anilines is 2. The number of sulfonamides is 1. The standard InChI is InChI=1S/C27H28N6O2S2/c1-17-8-7-15-29-26(17)32-18(2)16-22(19(32)3)25-24(23-9-5-6-14-28-23)30-27(36)33(25)21-12-10-20(11-13-21)31-37(4,34)35/h5-16,24-25,31H,1-4H3,(H,30,36)/t24-,25-/m1/s1. The predicted molar refractivity (Wildman–Crippen MR) is 151 cm³/mol. The summed E-state index contributed by atoms with van der Waals surface area (Å²) < 4.78 is 28.0.